The number of fused-ring (bicyclic) bond motifs is 1. The van der Waals surface area contributed by atoms with E-state index in [4.69, 9.17) is 4.74 Å². The van der Waals surface area contributed by atoms with Crippen LogP contribution in [0.4, 0.5) is 0 Å². The number of morpholine rings is 1. The molecule has 0 aliphatic carbocycles. The van der Waals surface area contributed by atoms with Crippen molar-refractivity contribution < 1.29 is 9.53 Å². The average molecular weight is 170 g/mol. The van der Waals surface area contributed by atoms with Crippen LogP contribution in [0.3, 0.4) is 0 Å². The lowest BCUT2D eigenvalue weighted by Crippen LogP contribution is -2.61. The number of amides is 1. The molecular formula is C8H14N2O2. The molecule has 12 heavy (non-hydrogen) atoms. The summed E-state index contributed by atoms with van der Waals surface area (Å²) < 4.78 is 5.33. The normalized spacial score (nSPS) is 36.4. The van der Waals surface area contributed by atoms with Gasteiger partial charge in [0.15, 0.2) is 0 Å². The molecule has 2 aliphatic heterocycles. The van der Waals surface area contributed by atoms with Crippen LogP contribution in [0.15, 0.2) is 0 Å². The van der Waals surface area contributed by atoms with Gasteiger partial charge in [0.25, 0.3) is 5.91 Å². The van der Waals surface area contributed by atoms with Crippen LogP contribution >= 0.6 is 0 Å². The summed E-state index contributed by atoms with van der Waals surface area (Å²) in [6.07, 6.45) is -0.237. The second-order valence-electron chi connectivity index (χ2n) is 3.37. The van der Waals surface area contributed by atoms with Gasteiger partial charge in [-0.15, -0.1) is 0 Å². The minimum Gasteiger partial charge on any atom is -0.366 e. The van der Waals surface area contributed by atoms with E-state index in [9.17, 15) is 4.79 Å². The Balaban J connectivity index is 2.08. The molecule has 4 nitrogen and oxygen atoms in total. The maximum atomic E-state index is 11.5. The number of hydrogen-bond acceptors (Lipinski definition) is 3. The van der Waals surface area contributed by atoms with E-state index in [1.165, 1.54) is 0 Å². The zero-order valence-corrected chi connectivity index (χ0v) is 7.25. The largest absolute Gasteiger partial charge is 0.366 e. The number of piperazine rings is 1. The zero-order valence-electron chi connectivity index (χ0n) is 7.25. The summed E-state index contributed by atoms with van der Waals surface area (Å²) in [6, 6.07) is 0.266. The lowest BCUT2D eigenvalue weighted by Gasteiger charge is -2.41. The molecule has 4 heteroatoms. The highest BCUT2D eigenvalue weighted by atomic mass is 16.5. The Morgan fingerprint density at radius 2 is 2.50 bits per heavy atom. The first-order valence-corrected chi connectivity index (χ1v) is 4.42. The molecule has 0 spiro atoms. The van der Waals surface area contributed by atoms with Crippen molar-refractivity contribution in [2.24, 2.45) is 0 Å². The van der Waals surface area contributed by atoms with Gasteiger partial charge < -0.3 is 15.0 Å². The molecular weight excluding hydrogens is 156 g/mol. The first-order chi connectivity index (χ1) is 5.79. The monoisotopic (exact) mass is 170 g/mol. The number of rotatable bonds is 0. The molecule has 0 saturated carbocycles. The summed E-state index contributed by atoms with van der Waals surface area (Å²) in [5.41, 5.74) is 0. The molecule has 0 aromatic carbocycles. The van der Waals surface area contributed by atoms with Crippen LogP contribution in [-0.4, -0.2) is 49.2 Å². The minimum absolute atomic E-state index is 0.146. The maximum Gasteiger partial charge on any atom is 0.251 e. The van der Waals surface area contributed by atoms with Crippen molar-refractivity contribution in [2.75, 3.05) is 26.2 Å². The number of ether oxygens (including phenoxy) is 1. The topological polar surface area (TPSA) is 41.6 Å². The van der Waals surface area contributed by atoms with Gasteiger partial charge in [-0.25, -0.2) is 0 Å². The Hall–Kier alpha value is -0.610. The van der Waals surface area contributed by atoms with Crippen molar-refractivity contribution in [3.63, 3.8) is 0 Å². The molecule has 2 heterocycles. The Morgan fingerprint density at radius 3 is 3.33 bits per heavy atom. The first kappa shape index (κ1) is 8.01. The smallest absolute Gasteiger partial charge is 0.251 e. The van der Waals surface area contributed by atoms with E-state index in [0.29, 0.717) is 6.61 Å². The van der Waals surface area contributed by atoms with E-state index in [-0.39, 0.29) is 18.1 Å². The van der Waals surface area contributed by atoms with Gasteiger partial charge in [-0.2, -0.15) is 0 Å². The number of carbonyl (C=O) groups is 1. The third-order valence-corrected chi connectivity index (χ3v) is 2.52. The van der Waals surface area contributed by atoms with Gasteiger partial charge in [0.1, 0.15) is 6.10 Å². The van der Waals surface area contributed by atoms with Crippen molar-refractivity contribution in [2.45, 2.75) is 19.1 Å². The third-order valence-electron chi connectivity index (χ3n) is 2.52. The number of nitrogens with zero attached hydrogens (tertiary/aromatic N) is 1. The van der Waals surface area contributed by atoms with E-state index < -0.39 is 0 Å². The van der Waals surface area contributed by atoms with Crippen LogP contribution in [0.25, 0.3) is 0 Å². The molecule has 68 valence electrons. The lowest BCUT2D eigenvalue weighted by molar-refractivity contribution is -0.159. The molecule has 1 amide bonds. The van der Waals surface area contributed by atoms with Crippen molar-refractivity contribution in [3.05, 3.63) is 0 Å². The Morgan fingerprint density at radius 1 is 1.67 bits per heavy atom. The zero-order chi connectivity index (χ0) is 8.55. The van der Waals surface area contributed by atoms with Gasteiger partial charge in [0.2, 0.25) is 0 Å². The van der Waals surface area contributed by atoms with E-state index in [2.05, 4.69) is 5.32 Å². The summed E-state index contributed by atoms with van der Waals surface area (Å²) in [5, 5.41) is 3.25. The van der Waals surface area contributed by atoms with Crippen LogP contribution in [0, 0.1) is 0 Å². The first-order valence-electron chi connectivity index (χ1n) is 4.42. The van der Waals surface area contributed by atoms with Gasteiger partial charge in [0, 0.05) is 19.6 Å². The molecule has 0 bridgehead atoms. The number of hydrogen-bond donors (Lipinski definition) is 1. The Bertz CT molecular complexity index is 195. The second-order valence-corrected chi connectivity index (χ2v) is 3.37. The molecule has 2 atom stereocenters. The predicted octanol–water partition coefficient (Wildman–Crippen LogP) is -0.794. The van der Waals surface area contributed by atoms with Crippen molar-refractivity contribution in [3.8, 4) is 0 Å². The van der Waals surface area contributed by atoms with Gasteiger partial charge in [0.05, 0.1) is 12.6 Å². The van der Waals surface area contributed by atoms with Crippen LogP contribution in [0.1, 0.15) is 6.92 Å². The van der Waals surface area contributed by atoms with Gasteiger partial charge in [-0.1, -0.05) is 0 Å². The number of carbonyl (C=O) groups excluding carboxylic acids is 1. The SMILES string of the molecule is CC1OC[C@@H]2CNCCN2C1=O. The standard InChI is InChI=1S/C8H14N2O2/c1-6-8(11)10-3-2-9-4-7(10)5-12-6/h6-7,9H,2-5H2,1H3/t6?,7-/m0/s1. The fourth-order valence-electron chi connectivity index (χ4n) is 1.76. The summed E-state index contributed by atoms with van der Waals surface area (Å²) in [6.45, 7) is 5.12. The van der Waals surface area contributed by atoms with Crippen LogP contribution < -0.4 is 5.32 Å². The molecule has 2 aliphatic rings. The van der Waals surface area contributed by atoms with Crippen molar-refractivity contribution in [1.82, 2.24) is 10.2 Å². The highest BCUT2D eigenvalue weighted by Crippen LogP contribution is 2.14. The molecule has 2 rings (SSSR count). The van der Waals surface area contributed by atoms with E-state index in [1.807, 2.05) is 11.8 Å². The van der Waals surface area contributed by atoms with Crippen LogP contribution in [0.5, 0.6) is 0 Å². The van der Waals surface area contributed by atoms with Crippen LogP contribution in [0.2, 0.25) is 0 Å². The third kappa shape index (κ3) is 1.21. The minimum atomic E-state index is -0.237. The quantitative estimate of drug-likeness (QED) is 0.518. The molecule has 2 fully saturated rings. The second kappa shape index (κ2) is 3.03. The average Bonchev–Trinajstić information content (AvgIpc) is 2.12. The van der Waals surface area contributed by atoms with E-state index >= 15 is 0 Å². The lowest BCUT2D eigenvalue weighted by atomic mass is 10.1. The van der Waals surface area contributed by atoms with Crippen molar-refractivity contribution >= 4 is 5.91 Å². The summed E-state index contributed by atoms with van der Waals surface area (Å²) in [7, 11) is 0. The maximum absolute atomic E-state index is 11.5. The summed E-state index contributed by atoms with van der Waals surface area (Å²) in [4.78, 5) is 13.5. The molecule has 1 unspecified atom stereocenters. The predicted molar refractivity (Wildman–Crippen MR) is 43.8 cm³/mol. The molecule has 1 N–H and O–H groups in total. The van der Waals surface area contributed by atoms with Crippen LogP contribution in [-0.2, 0) is 9.53 Å². The fraction of sp³-hybridized carbons (Fsp3) is 0.875. The van der Waals surface area contributed by atoms with Gasteiger partial charge in [-0.05, 0) is 6.92 Å². The summed E-state index contributed by atoms with van der Waals surface area (Å²) in [5.74, 6) is 0.146. The fourth-order valence-corrected chi connectivity index (χ4v) is 1.76. The molecule has 0 aromatic heterocycles. The van der Waals surface area contributed by atoms with Crippen molar-refractivity contribution in [1.29, 1.82) is 0 Å². The van der Waals surface area contributed by atoms with E-state index in [0.717, 1.165) is 19.6 Å². The van der Waals surface area contributed by atoms with Gasteiger partial charge >= 0.3 is 0 Å². The van der Waals surface area contributed by atoms with Gasteiger partial charge in [-0.3, -0.25) is 4.79 Å². The number of nitrogens with one attached hydrogen (secondary N) is 1. The Labute approximate surface area is 71.9 Å². The molecule has 0 radical (unpaired) electrons. The molecule has 0 aromatic rings. The van der Waals surface area contributed by atoms with E-state index in [1.54, 1.807) is 0 Å². The Kier molecular flexibility index (Phi) is 2.02. The summed E-state index contributed by atoms with van der Waals surface area (Å²) >= 11 is 0. The highest BCUT2D eigenvalue weighted by Gasteiger charge is 2.34. The molecule has 2 saturated heterocycles. The highest BCUT2D eigenvalue weighted by molar-refractivity contribution is 5.81.